The number of hydrogen-bond donors (Lipinski definition) is 2. The second kappa shape index (κ2) is 12.4. The lowest BCUT2D eigenvalue weighted by Crippen LogP contribution is -2.43. The Morgan fingerprint density at radius 2 is 1.76 bits per heavy atom. The molecule has 37 heavy (non-hydrogen) atoms. The SMILES string of the molecule is CCCCc1cc(C)c(CNC(=O)NC2CCCCC2)c(=O)n1-c1ccccc1-c1ccccc1C#N. The summed E-state index contributed by atoms with van der Waals surface area (Å²) in [5.41, 5.74) is 5.18. The van der Waals surface area contributed by atoms with Gasteiger partial charge in [0.2, 0.25) is 0 Å². The molecule has 0 atom stereocenters. The highest BCUT2D eigenvalue weighted by Gasteiger charge is 2.20. The van der Waals surface area contributed by atoms with E-state index in [2.05, 4.69) is 29.7 Å². The molecule has 0 spiro atoms. The maximum absolute atomic E-state index is 14.0. The molecule has 1 heterocycles. The van der Waals surface area contributed by atoms with Gasteiger partial charge in [-0.05, 0) is 56.4 Å². The molecule has 1 fully saturated rings. The molecule has 0 aliphatic heterocycles. The number of benzene rings is 2. The Hall–Kier alpha value is -3.85. The minimum Gasteiger partial charge on any atom is -0.335 e. The summed E-state index contributed by atoms with van der Waals surface area (Å²) in [6.45, 7) is 4.23. The average molecular weight is 497 g/mol. The number of carbonyl (C=O) groups is 1. The van der Waals surface area contributed by atoms with Gasteiger partial charge >= 0.3 is 6.03 Å². The van der Waals surface area contributed by atoms with Gasteiger partial charge in [0.05, 0.1) is 23.9 Å². The number of unbranched alkanes of at least 4 members (excludes halogenated alkanes) is 1. The van der Waals surface area contributed by atoms with E-state index in [9.17, 15) is 14.9 Å². The summed E-state index contributed by atoms with van der Waals surface area (Å²) in [5, 5.41) is 15.7. The molecule has 6 nitrogen and oxygen atoms in total. The van der Waals surface area contributed by atoms with Gasteiger partial charge < -0.3 is 10.6 Å². The van der Waals surface area contributed by atoms with E-state index in [1.165, 1.54) is 6.42 Å². The van der Waals surface area contributed by atoms with Crippen molar-refractivity contribution in [3.05, 3.63) is 87.3 Å². The van der Waals surface area contributed by atoms with Crippen LogP contribution in [0.4, 0.5) is 4.79 Å². The van der Waals surface area contributed by atoms with Crippen LogP contribution in [-0.4, -0.2) is 16.6 Å². The quantitative estimate of drug-likeness (QED) is 0.392. The van der Waals surface area contributed by atoms with Gasteiger partial charge in [-0.25, -0.2) is 4.79 Å². The lowest BCUT2D eigenvalue weighted by atomic mass is 9.96. The zero-order valence-electron chi connectivity index (χ0n) is 21.8. The van der Waals surface area contributed by atoms with Crippen LogP contribution < -0.4 is 16.2 Å². The van der Waals surface area contributed by atoms with Gasteiger partial charge in [-0.15, -0.1) is 0 Å². The largest absolute Gasteiger partial charge is 0.335 e. The molecule has 2 amide bonds. The molecule has 0 radical (unpaired) electrons. The standard InChI is InChI=1S/C31H36N4O2/c1-3-4-15-25-19-22(2)28(21-33-31(37)34-24-13-6-5-7-14-24)30(36)35(25)29-18-11-10-17-27(29)26-16-9-8-12-23(26)20-32/h8-12,16-19,24H,3-7,13-15,21H2,1-2H3,(H2,33,34,37). The molecule has 3 aromatic rings. The molecular weight excluding hydrogens is 460 g/mol. The number of amides is 2. The highest BCUT2D eigenvalue weighted by molar-refractivity contribution is 5.78. The van der Waals surface area contributed by atoms with Crippen LogP contribution in [0, 0.1) is 18.3 Å². The van der Waals surface area contributed by atoms with E-state index >= 15 is 0 Å². The summed E-state index contributed by atoms with van der Waals surface area (Å²) >= 11 is 0. The number of para-hydroxylation sites is 1. The summed E-state index contributed by atoms with van der Waals surface area (Å²) < 4.78 is 1.78. The van der Waals surface area contributed by atoms with E-state index < -0.39 is 0 Å². The van der Waals surface area contributed by atoms with Gasteiger partial charge in [0.1, 0.15) is 0 Å². The molecule has 4 rings (SSSR count). The van der Waals surface area contributed by atoms with Crippen molar-refractivity contribution in [3.63, 3.8) is 0 Å². The molecule has 0 bridgehead atoms. The third-order valence-corrected chi connectivity index (χ3v) is 7.24. The van der Waals surface area contributed by atoms with Gasteiger partial charge in [-0.3, -0.25) is 9.36 Å². The summed E-state index contributed by atoms with van der Waals surface area (Å²) in [5.74, 6) is 0. The van der Waals surface area contributed by atoms with Crippen LogP contribution in [0.3, 0.4) is 0 Å². The summed E-state index contributed by atoms with van der Waals surface area (Å²) in [6, 6.07) is 19.5. The van der Waals surface area contributed by atoms with Crippen molar-refractivity contribution in [2.75, 3.05) is 0 Å². The molecule has 192 valence electrons. The van der Waals surface area contributed by atoms with Gasteiger partial charge in [0.25, 0.3) is 5.56 Å². The number of aryl methyl sites for hydroxylation is 2. The van der Waals surface area contributed by atoms with Gasteiger partial charge in [0.15, 0.2) is 0 Å². The summed E-state index contributed by atoms with van der Waals surface area (Å²) in [7, 11) is 0. The first-order chi connectivity index (χ1) is 18.0. The predicted octanol–water partition coefficient (Wildman–Crippen LogP) is 6.16. The summed E-state index contributed by atoms with van der Waals surface area (Å²) in [4.78, 5) is 26.7. The van der Waals surface area contributed by atoms with Crippen molar-refractivity contribution in [3.8, 4) is 22.9 Å². The lowest BCUT2D eigenvalue weighted by molar-refractivity contribution is 0.232. The van der Waals surface area contributed by atoms with Crippen molar-refractivity contribution < 1.29 is 4.79 Å². The Labute approximate surface area is 219 Å². The van der Waals surface area contributed by atoms with E-state index in [0.29, 0.717) is 11.1 Å². The van der Waals surface area contributed by atoms with Gasteiger partial charge in [-0.2, -0.15) is 5.26 Å². The second-order valence-corrected chi connectivity index (χ2v) is 9.88. The van der Waals surface area contributed by atoms with Crippen molar-refractivity contribution in [1.29, 1.82) is 5.26 Å². The predicted molar refractivity (Wildman–Crippen MR) is 148 cm³/mol. The topological polar surface area (TPSA) is 86.9 Å². The number of urea groups is 1. The van der Waals surface area contributed by atoms with Crippen LogP contribution in [0.2, 0.25) is 0 Å². The Morgan fingerprint density at radius 1 is 1.05 bits per heavy atom. The molecule has 6 heteroatoms. The Morgan fingerprint density at radius 3 is 2.49 bits per heavy atom. The molecular formula is C31H36N4O2. The maximum atomic E-state index is 14.0. The first kappa shape index (κ1) is 26.2. The number of rotatable bonds is 8. The molecule has 2 aromatic carbocycles. The number of nitrogens with zero attached hydrogens (tertiary/aromatic N) is 2. The summed E-state index contributed by atoms with van der Waals surface area (Å²) in [6.07, 6.45) is 8.25. The number of carbonyl (C=O) groups excluding carboxylic acids is 1. The van der Waals surface area contributed by atoms with Gasteiger partial charge in [0, 0.05) is 28.4 Å². The van der Waals surface area contributed by atoms with Crippen molar-refractivity contribution in [1.82, 2.24) is 15.2 Å². The third kappa shape index (κ3) is 6.11. The fourth-order valence-corrected chi connectivity index (χ4v) is 5.22. The molecule has 1 saturated carbocycles. The van der Waals surface area contributed by atoms with E-state index in [1.54, 1.807) is 10.6 Å². The smallest absolute Gasteiger partial charge is 0.315 e. The highest BCUT2D eigenvalue weighted by Crippen LogP contribution is 2.30. The Bertz CT molecular complexity index is 1350. The van der Waals surface area contributed by atoms with Crippen LogP contribution in [0.5, 0.6) is 0 Å². The third-order valence-electron chi connectivity index (χ3n) is 7.24. The monoisotopic (exact) mass is 496 g/mol. The molecule has 2 N–H and O–H groups in total. The number of pyridine rings is 1. The Balaban J connectivity index is 1.73. The molecule has 1 aromatic heterocycles. The van der Waals surface area contributed by atoms with Gasteiger partial charge in [-0.1, -0.05) is 69.0 Å². The van der Waals surface area contributed by atoms with Crippen molar-refractivity contribution >= 4 is 6.03 Å². The number of aromatic nitrogens is 1. The van der Waals surface area contributed by atoms with Crippen LogP contribution >= 0.6 is 0 Å². The normalized spacial score (nSPS) is 13.6. The molecule has 1 aliphatic rings. The number of nitrogens with one attached hydrogen (secondary N) is 2. The van der Waals surface area contributed by atoms with Crippen LogP contribution in [-0.2, 0) is 13.0 Å². The fraction of sp³-hybridized carbons (Fsp3) is 0.387. The average Bonchev–Trinajstić information content (AvgIpc) is 2.92. The van der Waals surface area contributed by atoms with Crippen LogP contribution in [0.25, 0.3) is 16.8 Å². The lowest BCUT2D eigenvalue weighted by Gasteiger charge is -2.23. The van der Waals surface area contributed by atoms with E-state index in [0.717, 1.165) is 73.0 Å². The van der Waals surface area contributed by atoms with Crippen molar-refractivity contribution in [2.45, 2.75) is 77.8 Å². The first-order valence-electron chi connectivity index (χ1n) is 13.4. The van der Waals surface area contributed by atoms with E-state index in [4.69, 9.17) is 0 Å². The fourth-order valence-electron chi connectivity index (χ4n) is 5.22. The Kier molecular flexibility index (Phi) is 8.79. The van der Waals surface area contributed by atoms with E-state index in [-0.39, 0.29) is 24.2 Å². The van der Waals surface area contributed by atoms with Crippen molar-refractivity contribution in [2.24, 2.45) is 0 Å². The molecule has 0 saturated heterocycles. The number of nitriles is 1. The maximum Gasteiger partial charge on any atom is 0.315 e. The highest BCUT2D eigenvalue weighted by atomic mass is 16.2. The first-order valence-corrected chi connectivity index (χ1v) is 13.4. The van der Waals surface area contributed by atoms with E-state index in [1.807, 2.05) is 49.4 Å². The second-order valence-electron chi connectivity index (χ2n) is 9.88. The van der Waals surface area contributed by atoms with Crippen LogP contribution in [0.1, 0.15) is 74.3 Å². The minimum absolute atomic E-state index is 0.133. The molecule has 0 unspecified atom stereocenters. The minimum atomic E-state index is -0.226. The molecule has 1 aliphatic carbocycles. The number of hydrogen-bond acceptors (Lipinski definition) is 3. The zero-order chi connectivity index (χ0) is 26.2. The zero-order valence-corrected chi connectivity index (χ0v) is 21.8. The van der Waals surface area contributed by atoms with Crippen LogP contribution in [0.15, 0.2) is 59.4 Å².